The molecule has 5 nitrogen and oxygen atoms in total. The van der Waals surface area contributed by atoms with Crippen LogP contribution in [0.1, 0.15) is 33.6 Å². The lowest BCUT2D eigenvalue weighted by atomic mass is 9.98. The fourth-order valence-electron chi connectivity index (χ4n) is 3.25. The summed E-state index contributed by atoms with van der Waals surface area (Å²) in [5.74, 6) is -0.215. The number of benzene rings is 1. The van der Waals surface area contributed by atoms with E-state index in [4.69, 9.17) is 4.74 Å². The van der Waals surface area contributed by atoms with Gasteiger partial charge in [0.25, 0.3) is 0 Å². The van der Waals surface area contributed by atoms with Crippen LogP contribution in [0.5, 0.6) is 0 Å². The number of piperidine rings is 1. The van der Waals surface area contributed by atoms with Gasteiger partial charge in [-0.2, -0.15) is 4.99 Å². The van der Waals surface area contributed by atoms with E-state index in [1.807, 2.05) is 32.9 Å². The summed E-state index contributed by atoms with van der Waals surface area (Å²) in [6.07, 6.45) is 4.66. The Kier molecular flexibility index (Phi) is 5.79. The van der Waals surface area contributed by atoms with E-state index in [1.165, 1.54) is 6.07 Å². The van der Waals surface area contributed by atoms with Gasteiger partial charge in [-0.25, -0.2) is 9.18 Å². The van der Waals surface area contributed by atoms with Crippen LogP contribution in [0, 0.1) is 11.7 Å². The third-order valence-corrected chi connectivity index (χ3v) is 4.78. The van der Waals surface area contributed by atoms with E-state index in [9.17, 15) is 9.18 Å². The first-order valence-corrected chi connectivity index (χ1v) is 9.78. The molecule has 2 heterocycles. The molecule has 0 N–H and O–H groups in total. The molecular formula is C20H23BrFN3O2. The number of hydrogen-bond acceptors (Lipinski definition) is 4. The summed E-state index contributed by atoms with van der Waals surface area (Å²) in [5, 5.41) is 0.772. The molecule has 1 aliphatic rings. The molecule has 3 rings (SSSR count). The number of carbonyl (C=O) groups is 1. The first-order valence-electron chi connectivity index (χ1n) is 8.99. The van der Waals surface area contributed by atoms with Gasteiger partial charge >= 0.3 is 6.09 Å². The molecule has 1 amide bonds. The number of hydrogen-bond donors (Lipinski definition) is 0. The molecule has 0 aliphatic carbocycles. The Morgan fingerprint density at radius 1 is 1.44 bits per heavy atom. The molecule has 0 spiro atoms. The zero-order chi connectivity index (χ0) is 19.6. The number of carbonyl (C=O) groups excluding carboxylic acids is 1. The predicted molar refractivity (Wildman–Crippen MR) is 109 cm³/mol. The minimum atomic E-state index is -0.569. The van der Waals surface area contributed by atoms with Crippen molar-refractivity contribution in [2.75, 3.05) is 18.0 Å². The molecule has 1 saturated heterocycles. The van der Waals surface area contributed by atoms with Crippen molar-refractivity contribution >= 4 is 44.8 Å². The SMILES string of the molecule is CC(C)(C)OC(=O)/N=C/C1CCCN(c2ccnc3c(F)cc(Br)cc23)C1. The number of nitrogens with zero attached hydrogens (tertiary/aromatic N) is 3. The van der Waals surface area contributed by atoms with Gasteiger partial charge in [-0.15, -0.1) is 0 Å². The van der Waals surface area contributed by atoms with Gasteiger partial charge in [-0.05, 0) is 51.8 Å². The molecule has 0 bridgehead atoms. The summed E-state index contributed by atoms with van der Waals surface area (Å²) < 4.78 is 20.1. The molecular weight excluding hydrogens is 413 g/mol. The fraction of sp³-hybridized carbons (Fsp3) is 0.450. The minimum Gasteiger partial charge on any atom is -0.442 e. The summed E-state index contributed by atoms with van der Waals surface area (Å²) in [6, 6.07) is 5.21. The van der Waals surface area contributed by atoms with Crippen LogP contribution in [0.25, 0.3) is 10.9 Å². The van der Waals surface area contributed by atoms with Crippen LogP contribution in [-0.2, 0) is 4.74 Å². The Hall–Kier alpha value is -2.02. The highest BCUT2D eigenvalue weighted by atomic mass is 79.9. The van der Waals surface area contributed by atoms with Crippen molar-refractivity contribution in [3.05, 3.63) is 34.7 Å². The highest BCUT2D eigenvalue weighted by Crippen LogP contribution is 2.32. The highest BCUT2D eigenvalue weighted by molar-refractivity contribution is 9.10. The number of fused-ring (bicyclic) bond motifs is 1. The Balaban J connectivity index is 1.79. The van der Waals surface area contributed by atoms with Crippen molar-refractivity contribution in [1.29, 1.82) is 0 Å². The van der Waals surface area contributed by atoms with Gasteiger partial charge in [-0.3, -0.25) is 4.98 Å². The van der Waals surface area contributed by atoms with Crippen molar-refractivity contribution in [3.8, 4) is 0 Å². The Morgan fingerprint density at radius 2 is 2.22 bits per heavy atom. The number of aliphatic imine (C=N–C) groups is 1. The first kappa shape index (κ1) is 19.7. The molecule has 7 heteroatoms. The van der Waals surface area contributed by atoms with Crippen LogP contribution >= 0.6 is 15.9 Å². The predicted octanol–water partition coefficient (Wildman–Crippen LogP) is 5.36. The smallest absolute Gasteiger partial charge is 0.433 e. The molecule has 27 heavy (non-hydrogen) atoms. The second kappa shape index (κ2) is 7.92. The number of anilines is 1. The average molecular weight is 436 g/mol. The zero-order valence-electron chi connectivity index (χ0n) is 15.7. The van der Waals surface area contributed by atoms with Crippen molar-refractivity contribution in [2.45, 2.75) is 39.2 Å². The van der Waals surface area contributed by atoms with Crippen LogP contribution < -0.4 is 4.90 Å². The molecule has 1 aromatic heterocycles. The van der Waals surface area contributed by atoms with Gasteiger partial charge in [-0.1, -0.05) is 15.9 Å². The molecule has 1 fully saturated rings. The van der Waals surface area contributed by atoms with E-state index in [0.29, 0.717) is 16.5 Å². The van der Waals surface area contributed by atoms with Crippen molar-refractivity contribution < 1.29 is 13.9 Å². The van der Waals surface area contributed by atoms with Crippen molar-refractivity contribution in [3.63, 3.8) is 0 Å². The molecule has 2 aromatic rings. The number of aromatic nitrogens is 1. The zero-order valence-corrected chi connectivity index (χ0v) is 17.3. The quantitative estimate of drug-likeness (QED) is 0.595. The van der Waals surface area contributed by atoms with Crippen LogP contribution in [0.4, 0.5) is 14.9 Å². The number of halogens is 2. The first-order chi connectivity index (χ1) is 12.7. The van der Waals surface area contributed by atoms with E-state index in [-0.39, 0.29) is 11.7 Å². The number of ether oxygens (including phenoxy) is 1. The maximum Gasteiger partial charge on any atom is 0.433 e. The Morgan fingerprint density at radius 3 is 2.96 bits per heavy atom. The van der Waals surface area contributed by atoms with E-state index in [2.05, 4.69) is 30.8 Å². The number of rotatable bonds is 2. The molecule has 1 aromatic carbocycles. The Bertz CT molecular complexity index is 879. The third-order valence-electron chi connectivity index (χ3n) is 4.32. The molecule has 144 valence electrons. The summed E-state index contributed by atoms with van der Waals surface area (Å²) in [4.78, 5) is 22.2. The maximum atomic E-state index is 14.2. The fourth-order valence-corrected chi connectivity index (χ4v) is 3.68. The lowest BCUT2D eigenvalue weighted by Gasteiger charge is -2.33. The molecule has 0 saturated carbocycles. The van der Waals surface area contributed by atoms with Gasteiger partial charge in [0.15, 0.2) is 5.82 Å². The van der Waals surface area contributed by atoms with E-state index in [0.717, 1.165) is 30.5 Å². The van der Waals surface area contributed by atoms with Gasteiger partial charge < -0.3 is 9.64 Å². The highest BCUT2D eigenvalue weighted by Gasteiger charge is 2.22. The second-order valence-electron chi connectivity index (χ2n) is 7.72. The molecule has 0 radical (unpaired) electrons. The van der Waals surface area contributed by atoms with Crippen LogP contribution in [0.15, 0.2) is 33.9 Å². The summed E-state index contributed by atoms with van der Waals surface area (Å²) in [7, 11) is 0. The lowest BCUT2D eigenvalue weighted by Crippen LogP contribution is -2.36. The topological polar surface area (TPSA) is 54.8 Å². The largest absolute Gasteiger partial charge is 0.442 e. The summed E-state index contributed by atoms with van der Waals surface area (Å²) >= 11 is 3.36. The van der Waals surface area contributed by atoms with Gasteiger partial charge in [0, 0.05) is 47.0 Å². The lowest BCUT2D eigenvalue weighted by molar-refractivity contribution is 0.0604. The second-order valence-corrected chi connectivity index (χ2v) is 8.64. The number of amides is 1. The Labute approximate surface area is 166 Å². The van der Waals surface area contributed by atoms with Crippen molar-refractivity contribution in [2.24, 2.45) is 10.9 Å². The normalized spacial score (nSPS) is 18.3. The van der Waals surface area contributed by atoms with Crippen LogP contribution in [0.3, 0.4) is 0 Å². The van der Waals surface area contributed by atoms with Crippen LogP contribution in [-0.4, -0.2) is 36.0 Å². The van der Waals surface area contributed by atoms with Gasteiger partial charge in [0.05, 0.1) is 0 Å². The molecule has 1 unspecified atom stereocenters. The van der Waals surface area contributed by atoms with Gasteiger partial charge in [0.1, 0.15) is 11.1 Å². The maximum absolute atomic E-state index is 14.2. The standard InChI is InChI=1S/C20H23BrFN3O2/c1-20(2,3)27-19(26)24-11-13-5-4-8-25(12-13)17-6-7-23-18-15(17)9-14(21)10-16(18)22/h6-7,9-11,13H,4-5,8,12H2,1-3H3/b24-11+. The van der Waals surface area contributed by atoms with E-state index < -0.39 is 11.7 Å². The molecule has 1 atom stereocenters. The minimum absolute atomic E-state index is 0.131. The van der Waals surface area contributed by atoms with Crippen molar-refractivity contribution in [1.82, 2.24) is 4.98 Å². The summed E-state index contributed by atoms with van der Waals surface area (Å²) in [6.45, 7) is 7.02. The van der Waals surface area contributed by atoms with E-state index >= 15 is 0 Å². The van der Waals surface area contributed by atoms with Crippen LogP contribution in [0.2, 0.25) is 0 Å². The molecule has 1 aliphatic heterocycles. The third kappa shape index (κ3) is 5.03. The van der Waals surface area contributed by atoms with Gasteiger partial charge in [0.2, 0.25) is 0 Å². The van der Waals surface area contributed by atoms with E-state index in [1.54, 1.807) is 12.4 Å². The number of pyridine rings is 1. The average Bonchev–Trinajstić information content (AvgIpc) is 2.58. The monoisotopic (exact) mass is 435 g/mol. The summed E-state index contributed by atoms with van der Waals surface area (Å²) in [5.41, 5.74) is 0.747.